The van der Waals surface area contributed by atoms with Gasteiger partial charge in [0.05, 0.1) is 10.7 Å². The van der Waals surface area contributed by atoms with Crippen molar-refractivity contribution in [3.05, 3.63) is 15.6 Å². The van der Waals surface area contributed by atoms with Gasteiger partial charge in [-0.2, -0.15) is 0 Å². The van der Waals surface area contributed by atoms with E-state index in [-0.39, 0.29) is 0 Å². The minimum absolute atomic E-state index is 0.741. The van der Waals surface area contributed by atoms with Crippen LogP contribution in [0.3, 0.4) is 0 Å². The van der Waals surface area contributed by atoms with E-state index in [1.165, 1.54) is 23.5 Å². The molecule has 12 heavy (non-hydrogen) atoms. The van der Waals surface area contributed by atoms with Crippen molar-refractivity contribution >= 4 is 11.3 Å². The molecule has 1 aliphatic carbocycles. The third-order valence-corrected chi connectivity index (χ3v) is 3.72. The number of rotatable bonds is 1. The van der Waals surface area contributed by atoms with Crippen LogP contribution in [-0.2, 0) is 6.42 Å². The fourth-order valence-electron chi connectivity index (χ4n) is 2.03. The summed E-state index contributed by atoms with van der Waals surface area (Å²) >= 11 is 1.89. The number of fused-ring (bicyclic) bond motifs is 1. The molecule has 2 rings (SSSR count). The van der Waals surface area contributed by atoms with E-state index in [2.05, 4.69) is 25.8 Å². The number of hydrogen-bond donors (Lipinski definition) is 0. The van der Waals surface area contributed by atoms with Gasteiger partial charge in [0, 0.05) is 10.8 Å². The first-order valence-corrected chi connectivity index (χ1v) is 5.46. The first kappa shape index (κ1) is 8.24. The number of aryl methyl sites for hydroxylation is 2. The number of aromatic nitrogens is 1. The number of hydrogen-bond acceptors (Lipinski definition) is 2. The predicted octanol–water partition coefficient (Wildman–Crippen LogP) is 3.14. The molecule has 1 nitrogen and oxygen atoms in total. The lowest BCUT2D eigenvalue weighted by Crippen LogP contribution is -2.02. The third kappa shape index (κ3) is 1.18. The van der Waals surface area contributed by atoms with Crippen LogP contribution < -0.4 is 0 Å². The second-order valence-corrected chi connectivity index (χ2v) is 5.22. The molecule has 0 radical (unpaired) electrons. The van der Waals surface area contributed by atoms with Crippen molar-refractivity contribution in [3.8, 4) is 0 Å². The van der Waals surface area contributed by atoms with Gasteiger partial charge in [-0.1, -0.05) is 13.8 Å². The molecule has 1 aromatic rings. The summed E-state index contributed by atoms with van der Waals surface area (Å²) in [4.78, 5) is 6.16. The molecule has 0 aromatic carbocycles. The molecular formula is C10H15NS. The second-order valence-electron chi connectivity index (χ2n) is 3.93. The molecule has 2 heteroatoms. The fourth-order valence-corrected chi connectivity index (χ4v) is 3.05. The Morgan fingerprint density at radius 3 is 2.92 bits per heavy atom. The molecule has 0 bridgehead atoms. The Balaban J connectivity index is 2.34. The zero-order chi connectivity index (χ0) is 8.72. The largest absolute Gasteiger partial charge is 0.246 e. The second kappa shape index (κ2) is 2.84. The van der Waals surface area contributed by atoms with E-state index in [9.17, 15) is 0 Å². The van der Waals surface area contributed by atoms with Crippen LogP contribution in [-0.4, -0.2) is 4.98 Å². The maximum absolute atomic E-state index is 4.61. The summed E-state index contributed by atoms with van der Waals surface area (Å²) in [5, 5.41) is 1.24. The van der Waals surface area contributed by atoms with Gasteiger partial charge in [-0.05, 0) is 25.7 Å². The van der Waals surface area contributed by atoms with Crippen molar-refractivity contribution in [1.82, 2.24) is 4.98 Å². The molecule has 0 aliphatic heterocycles. The Morgan fingerprint density at radius 2 is 2.25 bits per heavy atom. The zero-order valence-corrected chi connectivity index (χ0v) is 8.74. The molecule has 0 unspecified atom stereocenters. The Labute approximate surface area is 77.8 Å². The molecule has 0 N–H and O–H groups in total. The molecule has 0 amide bonds. The average molecular weight is 181 g/mol. The van der Waals surface area contributed by atoms with E-state index in [0.29, 0.717) is 0 Å². The molecule has 1 aliphatic rings. The van der Waals surface area contributed by atoms with Gasteiger partial charge in [0.15, 0.2) is 0 Å². The molecule has 0 fully saturated rings. The van der Waals surface area contributed by atoms with Gasteiger partial charge < -0.3 is 0 Å². The summed E-state index contributed by atoms with van der Waals surface area (Å²) in [5.74, 6) is 1.50. The van der Waals surface area contributed by atoms with Crippen molar-refractivity contribution in [3.63, 3.8) is 0 Å². The summed E-state index contributed by atoms with van der Waals surface area (Å²) in [5.41, 5.74) is 1.41. The highest BCUT2D eigenvalue weighted by Crippen LogP contribution is 2.40. The van der Waals surface area contributed by atoms with Gasteiger partial charge in [0.25, 0.3) is 0 Å². The summed E-state index contributed by atoms with van der Waals surface area (Å²) in [6.45, 7) is 6.71. The quantitative estimate of drug-likeness (QED) is 0.648. The van der Waals surface area contributed by atoms with Crippen molar-refractivity contribution in [2.24, 2.45) is 5.92 Å². The lowest BCUT2D eigenvalue weighted by atomic mass is 9.94. The summed E-state index contributed by atoms with van der Waals surface area (Å²) in [6.07, 6.45) is 2.59. The Bertz CT molecular complexity index is 288. The lowest BCUT2D eigenvalue weighted by Gasteiger charge is -2.12. The van der Waals surface area contributed by atoms with Gasteiger partial charge in [-0.3, -0.25) is 0 Å². The number of nitrogens with zero attached hydrogens (tertiary/aromatic N) is 1. The maximum Gasteiger partial charge on any atom is 0.0900 e. The molecule has 0 saturated heterocycles. The van der Waals surface area contributed by atoms with Crippen LogP contribution in [0.25, 0.3) is 0 Å². The molecule has 0 saturated carbocycles. The molecule has 1 heterocycles. The zero-order valence-electron chi connectivity index (χ0n) is 7.92. The van der Waals surface area contributed by atoms with Gasteiger partial charge in [-0.25, -0.2) is 4.98 Å². The summed E-state index contributed by atoms with van der Waals surface area (Å²) < 4.78 is 0. The highest BCUT2D eigenvalue weighted by Gasteiger charge is 2.28. The van der Waals surface area contributed by atoms with E-state index in [1.54, 1.807) is 4.88 Å². The highest BCUT2D eigenvalue weighted by molar-refractivity contribution is 7.11. The third-order valence-electron chi connectivity index (χ3n) is 2.67. The van der Waals surface area contributed by atoms with Crippen LogP contribution in [0.4, 0.5) is 0 Å². The first-order valence-electron chi connectivity index (χ1n) is 4.64. The van der Waals surface area contributed by atoms with Gasteiger partial charge in [-0.15, -0.1) is 11.3 Å². The van der Waals surface area contributed by atoms with Gasteiger partial charge in [0.2, 0.25) is 0 Å². The predicted molar refractivity (Wildman–Crippen MR) is 52.8 cm³/mol. The normalized spacial score (nSPS) is 21.8. The van der Waals surface area contributed by atoms with E-state index in [1.807, 2.05) is 11.3 Å². The van der Waals surface area contributed by atoms with E-state index >= 15 is 0 Å². The van der Waals surface area contributed by atoms with Crippen LogP contribution in [0.1, 0.15) is 41.8 Å². The minimum Gasteiger partial charge on any atom is -0.246 e. The van der Waals surface area contributed by atoms with Crippen LogP contribution in [0.2, 0.25) is 0 Å². The topological polar surface area (TPSA) is 12.9 Å². The van der Waals surface area contributed by atoms with Crippen LogP contribution in [0.15, 0.2) is 0 Å². The molecule has 1 aromatic heterocycles. The highest BCUT2D eigenvalue weighted by atomic mass is 32.1. The molecule has 1 atom stereocenters. The Morgan fingerprint density at radius 1 is 1.50 bits per heavy atom. The standard InChI is InChI=1S/C10H15NS/c1-6(2)8-4-5-9-10(8)11-7(3)12-9/h6,8H,4-5H2,1-3H3/t8-/m0/s1. The van der Waals surface area contributed by atoms with E-state index < -0.39 is 0 Å². The molecular weight excluding hydrogens is 166 g/mol. The number of thiazole rings is 1. The minimum atomic E-state index is 0.741. The monoisotopic (exact) mass is 181 g/mol. The Kier molecular flexibility index (Phi) is 1.95. The first-order chi connectivity index (χ1) is 5.68. The van der Waals surface area contributed by atoms with Crippen LogP contribution in [0, 0.1) is 12.8 Å². The lowest BCUT2D eigenvalue weighted by molar-refractivity contribution is 0.487. The van der Waals surface area contributed by atoms with Crippen LogP contribution >= 0.6 is 11.3 Å². The van der Waals surface area contributed by atoms with Crippen molar-refractivity contribution in [1.29, 1.82) is 0 Å². The van der Waals surface area contributed by atoms with Crippen molar-refractivity contribution in [2.75, 3.05) is 0 Å². The Hall–Kier alpha value is -0.370. The fraction of sp³-hybridized carbons (Fsp3) is 0.700. The van der Waals surface area contributed by atoms with Crippen molar-refractivity contribution < 1.29 is 0 Å². The average Bonchev–Trinajstić information content (AvgIpc) is 2.43. The van der Waals surface area contributed by atoms with Crippen molar-refractivity contribution in [2.45, 2.75) is 39.5 Å². The molecule has 0 spiro atoms. The smallest absolute Gasteiger partial charge is 0.0900 e. The van der Waals surface area contributed by atoms with Crippen LogP contribution in [0.5, 0.6) is 0 Å². The van der Waals surface area contributed by atoms with Gasteiger partial charge in [0.1, 0.15) is 0 Å². The van der Waals surface area contributed by atoms with Gasteiger partial charge >= 0.3 is 0 Å². The maximum atomic E-state index is 4.61. The van der Waals surface area contributed by atoms with E-state index in [4.69, 9.17) is 0 Å². The summed E-state index contributed by atoms with van der Waals surface area (Å²) in [7, 11) is 0. The SMILES string of the molecule is Cc1nc2c(s1)CC[C@H]2C(C)C. The molecule has 66 valence electrons. The van der Waals surface area contributed by atoms with E-state index in [0.717, 1.165) is 11.8 Å². The summed E-state index contributed by atoms with van der Waals surface area (Å²) in [6, 6.07) is 0.